The minimum Gasteiger partial charge on any atom is -0.357 e. The van der Waals surface area contributed by atoms with Gasteiger partial charge in [-0.15, -0.1) is 24.0 Å². The molecule has 0 saturated heterocycles. The fraction of sp³-hybridized carbons (Fsp3) is 0.444. The maximum absolute atomic E-state index is 4.67. The summed E-state index contributed by atoms with van der Waals surface area (Å²) in [5.74, 6) is 1.77. The van der Waals surface area contributed by atoms with Crippen molar-refractivity contribution in [1.29, 1.82) is 0 Å². The predicted molar refractivity (Wildman–Crippen MR) is 109 cm³/mol. The van der Waals surface area contributed by atoms with Crippen molar-refractivity contribution in [2.45, 2.75) is 32.9 Å². The molecule has 1 aromatic carbocycles. The van der Waals surface area contributed by atoms with Crippen LogP contribution in [0.4, 0.5) is 0 Å². The first kappa shape index (κ1) is 18.8. The highest BCUT2D eigenvalue weighted by molar-refractivity contribution is 14.0. The van der Waals surface area contributed by atoms with E-state index in [0.717, 1.165) is 31.5 Å². The molecule has 1 heterocycles. The van der Waals surface area contributed by atoms with Crippen LogP contribution in [-0.2, 0) is 13.1 Å². The van der Waals surface area contributed by atoms with Crippen LogP contribution in [0, 0.1) is 5.92 Å². The van der Waals surface area contributed by atoms with Crippen LogP contribution in [0.2, 0.25) is 0 Å². The lowest BCUT2D eigenvalue weighted by atomic mass is 10.1. The molecule has 1 saturated carbocycles. The predicted octanol–water partition coefficient (Wildman–Crippen LogP) is 3.01. The van der Waals surface area contributed by atoms with Gasteiger partial charge in [-0.1, -0.05) is 24.3 Å². The molecule has 5 nitrogen and oxygen atoms in total. The molecule has 1 fully saturated rings. The van der Waals surface area contributed by atoms with Gasteiger partial charge in [0.25, 0.3) is 0 Å². The highest BCUT2D eigenvalue weighted by Gasteiger charge is 2.20. The van der Waals surface area contributed by atoms with E-state index >= 15 is 0 Å². The molecule has 0 aliphatic heterocycles. The van der Waals surface area contributed by atoms with Crippen molar-refractivity contribution in [3.8, 4) is 0 Å². The Morgan fingerprint density at radius 3 is 2.58 bits per heavy atom. The van der Waals surface area contributed by atoms with E-state index < -0.39 is 0 Å². The normalized spacial score (nSPS) is 14.1. The number of rotatable bonds is 7. The topological polar surface area (TPSA) is 54.2 Å². The summed E-state index contributed by atoms with van der Waals surface area (Å²) in [5.41, 5.74) is 2.50. The quantitative estimate of drug-likeness (QED) is 0.396. The lowest BCUT2D eigenvalue weighted by Crippen LogP contribution is -2.38. The smallest absolute Gasteiger partial charge is 0.191 e. The van der Waals surface area contributed by atoms with Gasteiger partial charge >= 0.3 is 0 Å². The summed E-state index contributed by atoms with van der Waals surface area (Å²) in [6, 6.07) is 8.63. The first-order chi connectivity index (χ1) is 11.3. The van der Waals surface area contributed by atoms with E-state index in [1.54, 1.807) is 6.20 Å². The monoisotopic (exact) mass is 439 g/mol. The summed E-state index contributed by atoms with van der Waals surface area (Å²) < 4.78 is 2.07. The van der Waals surface area contributed by atoms with Gasteiger partial charge in [-0.2, -0.15) is 0 Å². The van der Waals surface area contributed by atoms with Gasteiger partial charge in [0, 0.05) is 32.0 Å². The summed E-state index contributed by atoms with van der Waals surface area (Å²) in [7, 11) is 0. The Hall–Kier alpha value is -1.57. The minimum atomic E-state index is 0. The van der Waals surface area contributed by atoms with Gasteiger partial charge in [-0.25, -0.2) is 9.98 Å². The van der Waals surface area contributed by atoms with Gasteiger partial charge in [0.1, 0.15) is 0 Å². The van der Waals surface area contributed by atoms with Crippen molar-refractivity contribution >= 4 is 29.9 Å². The summed E-state index contributed by atoms with van der Waals surface area (Å²) in [5, 5.41) is 6.73. The molecule has 2 aromatic rings. The van der Waals surface area contributed by atoms with Gasteiger partial charge in [0.2, 0.25) is 0 Å². The molecule has 130 valence electrons. The lowest BCUT2D eigenvalue weighted by molar-refractivity contribution is 0.739. The lowest BCUT2D eigenvalue weighted by Gasteiger charge is -2.11. The van der Waals surface area contributed by atoms with E-state index in [9.17, 15) is 0 Å². The third-order valence-corrected chi connectivity index (χ3v) is 3.97. The Morgan fingerprint density at radius 2 is 1.96 bits per heavy atom. The molecule has 0 amide bonds. The number of halogens is 1. The van der Waals surface area contributed by atoms with Crippen LogP contribution < -0.4 is 10.6 Å². The van der Waals surface area contributed by atoms with Crippen LogP contribution in [0.1, 0.15) is 30.9 Å². The van der Waals surface area contributed by atoms with E-state index in [1.165, 1.54) is 24.0 Å². The van der Waals surface area contributed by atoms with Crippen molar-refractivity contribution in [2.24, 2.45) is 10.9 Å². The average molecular weight is 439 g/mol. The second kappa shape index (κ2) is 9.66. The average Bonchev–Trinajstić information content (AvgIpc) is 3.27. The SMILES string of the molecule is CCNC(=NCc1ccc(Cn2ccnc2)cc1)NCC1CC1.I. The van der Waals surface area contributed by atoms with E-state index in [2.05, 4.69) is 56.4 Å². The maximum Gasteiger partial charge on any atom is 0.191 e. The fourth-order valence-corrected chi connectivity index (χ4v) is 2.42. The van der Waals surface area contributed by atoms with Gasteiger partial charge in [-0.05, 0) is 36.8 Å². The van der Waals surface area contributed by atoms with Gasteiger partial charge < -0.3 is 15.2 Å². The zero-order valence-corrected chi connectivity index (χ0v) is 16.4. The second-order valence-corrected chi connectivity index (χ2v) is 6.07. The molecule has 1 aliphatic rings. The number of hydrogen-bond donors (Lipinski definition) is 2. The Bertz CT molecular complexity index is 617. The molecular weight excluding hydrogens is 413 g/mol. The molecule has 6 heteroatoms. The third kappa shape index (κ3) is 6.14. The van der Waals surface area contributed by atoms with Gasteiger partial charge in [0.05, 0.1) is 12.9 Å². The van der Waals surface area contributed by atoms with Crippen LogP contribution in [-0.4, -0.2) is 28.6 Å². The Labute approximate surface area is 161 Å². The molecule has 0 spiro atoms. The maximum atomic E-state index is 4.67. The van der Waals surface area contributed by atoms with Crippen LogP contribution in [0.25, 0.3) is 0 Å². The zero-order chi connectivity index (χ0) is 15.9. The fourth-order valence-electron chi connectivity index (χ4n) is 2.42. The van der Waals surface area contributed by atoms with Crippen molar-refractivity contribution in [2.75, 3.05) is 13.1 Å². The van der Waals surface area contributed by atoms with E-state index in [1.807, 2.05) is 12.5 Å². The zero-order valence-electron chi connectivity index (χ0n) is 14.1. The summed E-state index contributed by atoms with van der Waals surface area (Å²) in [6.07, 6.45) is 8.33. The van der Waals surface area contributed by atoms with Crippen molar-refractivity contribution in [1.82, 2.24) is 20.2 Å². The molecule has 1 aromatic heterocycles. The van der Waals surface area contributed by atoms with E-state index in [-0.39, 0.29) is 24.0 Å². The van der Waals surface area contributed by atoms with Crippen LogP contribution >= 0.6 is 24.0 Å². The second-order valence-electron chi connectivity index (χ2n) is 6.07. The number of nitrogens with one attached hydrogen (secondary N) is 2. The van der Waals surface area contributed by atoms with Gasteiger partial charge in [0.15, 0.2) is 5.96 Å². The Balaban J connectivity index is 0.00000208. The largest absolute Gasteiger partial charge is 0.357 e. The first-order valence-electron chi connectivity index (χ1n) is 8.39. The number of imidazole rings is 1. The summed E-state index contributed by atoms with van der Waals surface area (Å²) >= 11 is 0. The Kier molecular flexibility index (Phi) is 7.55. The molecule has 3 rings (SSSR count). The van der Waals surface area contributed by atoms with Crippen LogP contribution in [0.5, 0.6) is 0 Å². The Morgan fingerprint density at radius 1 is 1.21 bits per heavy atom. The number of hydrogen-bond acceptors (Lipinski definition) is 2. The summed E-state index contributed by atoms with van der Waals surface area (Å²) in [4.78, 5) is 8.74. The molecule has 0 bridgehead atoms. The summed E-state index contributed by atoms with van der Waals surface area (Å²) in [6.45, 7) is 5.58. The first-order valence-corrected chi connectivity index (χ1v) is 8.39. The molecule has 0 radical (unpaired) electrons. The van der Waals surface area contributed by atoms with Gasteiger partial charge in [-0.3, -0.25) is 0 Å². The number of aliphatic imine (C=N–C) groups is 1. The number of aromatic nitrogens is 2. The van der Waals surface area contributed by atoms with Crippen molar-refractivity contribution in [3.63, 3.8) is 0 Å². The minimum absolute atomic E-state index is 0. The highest BCUT2D eigenvalue weighted by atomic mass is 127. The number of guanidine groups is 1. The molecule has 2 N–H and O–H groups in total. The molecule has 24 heavy (non-hydrogen) atoms. The van der Waals surface area contributed by atoms with Crippen molar-refractivity contribution in [3.05, 3.63) is 54.1 Å². The molecule has 0 atom stereocenters. The molecular formula is C18H26IN5. The molecule has 1 aliphatic carbocycles. The van der Waals surface area contributed by atoms with E-state index in [4.69, 9.17) is 0 Å². The van der Waals surface area contributed by atoms with Crippen LogP contribution in [0.15, 0.2) is 48.0 Å². The highest BCUT2D eigenvalue weighted by Crippen LogP contribution is 2.27. The third-order valence-electron chi connectivity index (χ3n) is 3.97. The van der Waals surface area contributed by atoms with Crippen molar-refractivity contribution < 1.29 is 0 Å². The van der Waals surface area contributed by atoms with E-state index in [0.29, 0.717) is 6.54 Å². The number of nitrogens with zero attached hydrogens (tertiary/aromatic N) is 3. The number of benzene rings is 1. The molecule has 0 unspecified atom stereocenters. The van der Waals surface area contributed by atoms with Crippen LogP contribution in [0.3, 0.4) is 0 Å². The standard InChI is InChI=1S/C18H25N5.HI/c1-2-20-18(21-11-15-3-4-15)22-12-16-5-7-17(8-6-16)13-23-10-9-19-14-23;/h5-10,14-15H,2-4,11-13H2,1H3,(H2,20,21,22);1H.